The maximum atomic E-state index is 9.49. The summed E-state index contributed by atoms with van der Waals surface area (Å²) in [7, 11) is 0. The summed E-state index contributed by atoms with van der Waals surface area (Å²) in [5, 5.41) is 13.2. The predicted molar refractivity (Wildman–Crippen MR) is 67.1 cm³/mol. The van der Waals surface area contributed by atoms with Gasteiger partial charge in [0.1, 0.15) is 24.4 Å². The van der Waals surface area contributed by atoms with Gasteiger partial charge < -0.3 is 5.21 Å². The maximum Gasteiger partial charge on any atom is 0.204 e. The molecular formula is C14H19N3O+2. The summed E-state index contributed by atoms with van der Waals surface area (Å²) in [6, 6.07) is 10.6. The number of rotatable bonds is 1. The number of nitrogens with zero attached hydrogens (tertiary/aromatic N) is 1. The fraction of sp³-hybridized carbons (Fsp3) is 0.500. The monoisotopic (exact) mass is 245 g/mol. The number of hydrogen-bond acceptors (Lipinski definition) is 2. The Kier molecular flexibility index (Phi) is 2.08. The molecule has 18 heavy (non-hydrogen) atoms. The smallest absolute Gasteiger partial charge is 0.204 e. The van der Waals surface area contributed by atoms with Crippen LogP contribution in [0, 0.1) is 5.92 Å². The van der Waals surface area contributed by atoms with Gasteiger partial charge in [0.25, 0.3) is 0 Å². The molecule has 0 amide bonds. The van der Waals surface area contributed by atoms with Crippen LogP contribution in [0.5, 0.6) is 0 Å². The zero-order valence-electron chi connectivity index (χ0n) is 10.4. The van der Waals surface area contributed by atoms with Crippen LogP contribution < -0.4 is 9.80 Å². The Balaban J connectivity index is 1.87. The molecule has 4 aliphatic heterocycles. The zero-order chi connectivity index (χ0) is 12.2. The number of piperidine rings is 2. The first kappa shape index (κ1) is 10.5. The first-order chi connectivity index (χ1) is 8.82. The van der Waals surface area contributed by atoms with Crippen molar-refractivity contribution >= 4 is 5.71 Å². The molecule has 4 heteroatoms. The van der Waals surface area contributed by atoms with E-state index in [1.807, 2.05) is 0 Å². The van der Waals surface area contributed by atoms with Crippen molar-refractivity contribution in [1.29, 1.82) is 0 Å². The molecule has 5 rings (SSSR count). The van der Waals surface area contributed by atoms with E-state index >= 15 is 0 Å². The van der Waals surface area contributed by atoms with E-state index in [1.165, 1.54) is 12.2 Å². The largest absolute Gasteiger partial charge is 0.411 e. The minimum atomic E-state index is -0.0138. The summed E-state index contributed by atoms with van der Waals surface area (Å²) in [6.45, 7) is 5.73. The zero-order valence-corrected chi connectivity index (χ0v) is 10.4. The highest BCUT2D eigenvalue weighted by Gasteiger charge is 2.61. The topological polar surface area (TPSA) is 41.5 Å². The molecule has 0 radical (unpaired) electrons. The Morgan fingerprint density at radius 3 is 2.39 bits per heavy atom. The van der Waals surface area contributed by atoms with E-state index in [-0.39, 0.29) is 5.41 Å². The summed E-state index contributed by atoms with van der Waals surface area (Å²) in [4.78, 5) is 3.34. The molecular weight excluding hydrogens is 226 g/mol. The van der Waals surface area contributed by atoms with Crippen LogP contribution in [-0.4, -0.2) is 43.8 Å². The lowest BCUT2D eigenvalue weighted by Gasteiger charge is -2.54. The Bertz CT molecular complexity index is 485. The lowest BCUT2D eigenvalue weighted by Crippen LogP contribution is -3.40. The van der Waals surface area contributed by atoms with Crippen LogP contribution in [0.2, 0.25) is 0 Å². The summed E-state index contributed by atoms with van der Waals surface area (Å²) < 4.78 is 0. The highest BCUT2D eigenvalue weighted by molar-refractivity contribution is 5.98. The second kappa shape index (κ2) is 3.56. The second-order valence-corrected chi connectivity index (χ2v) is 6.07. The average molecular weight is 245 g/mol. The van der Waals surface area contributed by atoms with E-state index in [4.69, 9.17) is 0 Å². The first-order valence-electron chi connectivity index (χ1n) is 6.77. The van der Waals surface area contributed by atoms with Crippen molar-refractivity contribution in [1.82, 2.24) is 0 Å². The Hall–Kier alpha value is -1.39. The third kappa shape index (κ3) is 1.25. The third-order valence-corrected chi connectivity index (χ3v) is 4.98. The Labute approximate surface area is 106 Å². The van der Waals surface area contributed by atoms with E-state index in [1.54, 1.807) is 9.80 Å². The summed E-state index contributed by atoms with van der Waals surface area (Å²) >= 11 is 0. The summed E-state index contributed by atoms with van der Waals surface area (Å²) in [5.41, 5.74) is 2.36. The van der Waals surface area contributed by atoms with Gasteiger partial charge in [0.05, 0.1) is 18.8 Å². The fourth-order valence-electron chi connectivity index (χ4n) is 4.50. The normalized spacial score (nSPS) is 43.6. The fourth-order valence-corrected chi connectivity index (χ4v) is 4.50. The molecule has 4 fully saturated rings. The number of hydrogen-bond donors (Lipinski definition) is 3. The number of oxime groups is 1. The first-order valence-corrected chi connectivity index (χ1v) is 6.77. The van der Waals surface area contributed by atoms with Crippen LogP contribution in [0.15, 0.2) is 35.5 Å². The molecule has 4 saturated heterocycles. The molecule has 4 heterocycles. The molecule has 4 bridgehead atoms. The van der Waals surface area contributed by atoms with Gasteiger partial charge in [0.2, 0.25) is 6.67 Å². The average Bonchev–Trinajstić information content (AvgIpc) is 2.39. The van der Waals surface area contributed by atoms with Gasteiger partial charge in [-0.15, -0.1) is 0 Å². The van der Waals surface area contributed by atoms with E-state index in [0.717, 1.165) is 31.9 Å². The number of quaternary nitrogens is 2. The SMILES string of the molecule is O/N=C1\C2C[NH+]3C[NH+](C2)CC1(c1ccccc1)C3. The van der Waals surface area contributed by atoms with Crippen molar-refractivity contribution < 1.29 is 15.0 Å². The van der Waals surface area contributed by atoms with Gasteiger partial charge >= 0.3 is 0 Å². The minimum Gasteiger partial charge on any atom is -0.411 e. The molecule has 1 aromatic rings. The van der Waals surface area contributed by atoms with E-state index in [9.17, 15) is 5.21 Å². The van der Waals surface area contributed by atoms with Crippen molar-refractivity contribution in [3.05, 3.63) is 35.9 Å². The van der Waals surface area contributed by atoms with Crippen molar-refractivity contribution in [3.63, 3.8) is 0 Å². The molecule has 0 aromatic heterocycles. The van der Waals surface area contributed by atoms with E-state index in [0.29, 0.717) is 5.92 Å². The van der Waals surface area contributed by atoms with E-state index in [2.05, 4.69) is 35.5 Å². The standard InChI is InChI=1S/C14H17N3O/c18-15-13-11-6-16-8-14(13,9-17(7-11)10-16)12-4-2-1-3-5-12/h1-5,11,18H,6-10H2/p+2/b15-13+. The third-order valence-electron chi connectivity index (χ3n) is 4.98. The van der Waals surface area contributed by atoms with Crippen molar-refractivity contribution in [2.45, 2.75) is 5.41 Å². The molecule has 1 aromatic carbocycles. The quantitative estimate of drug-likeness (QED) is 0.394. The van der Waals surface area contributed by atoms with Crippen LogP contribution in [0.25, 0.3) is 0 Å². The predicted octanol–water partition coefficient (Wildman–Crippen LogP) is -1.86. The van der Waals surface area contributed by atoms with Crippen molar-refractivity contribution in [2.75, 3.05) is 32.8 Å². The molecule has 0 saturated carbocycles. The Morgan fingerprint density at radius 2 is 1.78 bits per heavy atom. The van der Waals surface area contributed by atoms with Crippen LogP contribution in [-0.2, 0) is 5.41 Å². The lowest BCUT2D eigenvalue weighted by atomic mass is 9.65. The molecule has 2 atom stereocenters. The number of benzene rings is 1. The minimum absolute atomic E-state index is 0.0138. The molecule has 94 valence electrons. The van der Waals surface area contributed by atoms with Gasteiger partial charge in [-0.25, -0.2) is 0 Å². The van der Waals surface area contributed by atoms with E-state index < -0.39 is 0 Å². The van der Waals surface area contributed by atoms with Gasteiger partial charge in [0.15, 0.2) is 0 Å². The van der Waals surface area contributed by atoms with Crippen molar-refractivity contribution in [3.8, 4) is 0 Å². The van der Waals surface area contributed by atoms with Crippen LogP contribution in [0.3, 0.4) is 0 Å². The summed E-state index contributed by atoms with van der Waals surface area (Å²) in [6.07, 6.45) is 0. The molecule has 4 nitrogen and oxygen atoms in total. The maximum absolute atomic E-state index is 9.49. The van der Waals surface area contributed by atoms with Gasteiger partial charge in [-0.3, -0.25) is 9.80 Å². The highest BCUT2D eigenvalue weighted by atomic mass is 16.4. The van der Waals surface area contributed by atoms with Crippen LogP contribution in [0.1, 0.15) is 5.56 Å². The summed E-state index contributed by atoms with van der Waals surface area (Å²) in [5.74, 6) is 0.469. The molecule has 3 N–H and O–H groups in total. The van der Waals surface area contributed by atoms with Gasteiger partial charge in [0, 0.05) is 0 Å². The number of nitrogens with one attached hydrogen (secondary N) is 2. The van der Waals surface area contributed by atoms with Crippen LogP contribution in [0.4, 0.5) is 0 Å². The molecule has 0 spiro atoms. The van der Waals surface area contributed by atoms with Crippen molar-refractivity contribution in [2.24, 2.45) is 11.1 Å². The van der Waals surface area contributed by atoms with Crippen LogP contribution >= 0.6 is 0 Å². The van der Waals surface area contributed by atoms with Gasteiger partial charge in [-0.2, -0.15) is 0 Å². The van der Waals surface area contributed by atoms with Gasteiger partial charge in [-0.1, -0.05) is 35.5 Å². The molecule has 4 aliphatic rings. The van der Waals surface area contributed by atoms with Gasteiger partial charge in [-0.05, 0) is 5.56 Å². The Morgan fingerprint density at radius 1 is 1.11 bits per heavy atom. The second-order valence-electron chi connectivity index (χ2n) is 6.07. The molecule has 0 aliphatic carbocycles. The highest BCUT2D eigenvalue weighted by Crippen LogP contribution is 2.31. The molecule has 2 unspecified atom stereocenters. The lowest BCUT2D eigenvalue weighted by molar-refractivity contribution is -1.13.